The Labute approximate surface area is 176 Å². The fourth-order valence-electron chi connectivity index (χ4n) is 4.80. The lowest BCUT2D eigenvalue weighted by Crippen LogP contribution is -2.62. The molecule has 2 saturated heterocycles. The molecule has 0 atom stereocenters. The first kappa shape index (κ1) is 21.9. The number of ether oxygens (including phenoxy) is 1. The quantitative estimate of drug-likeness (QED) is 0.586. The van der Waals surface area contributed by atoms with Crippen LogP contribution in [0, 0.1) is 0 Å². The summed E-state index contributed by atoms with van der Waals surface area (Å²) in [7, 11) is 7.95. The molecule has 6 nitrogen and oxygen atoms in total. The smallest absolute Gasteiger partial charge is 0.193 e. The van der Waals surface area contributed by atoms with E-state index in [0.717, 1.165) is 24.8 Å². The summed E-state index contributed by atoms with van der Waals surface area (Å²) in [5.41, 5.74) is 1.42. The number of para-hydroxylation sites is 1. The number of hydrogen-bond acceptors (Lipinski definition) is 4. The maximum atomic E-state index is 5.52. The van der Waals surface area contributed by atoms with Crippen LogP contribution in [0.2, 0.25) is 0 Å². The van der Waals surface area contributed by atoms with E-state index in [4.69, 9.17) is 4.74 Å². The molecule has 2 aliphatic heterocycles. The maximum Gasteiger partial charge on any atom is 0.193 e. The Morgan fingerprint density at radius 1 is 1.14 bits per heavy atom. The van der Waals surface area contributed by atoms with Gasteiger partial charge in [-0.05, 0) is 65.0 Å². The molecule has 2 aliphatic rings. The highest BCUT2D eigenvalue weighted by Crippen LogP contribution is 2.31. The summed E-state index contributed by atoms with van der Waals surface area (Å²) >= 11 is 0. The van der Waals surface area contributed by atoms with Crippen LogP contribution >= 0.6 is 0 Å². The summed E-state index contributed by atoms with van der Waals surface area (Å²) in [6, 6.07) is 8.21. The van der Waals surface area contributed by atoms with Crippen molar-refractivity contribution >= 4 is 5.96 Å². The topological polar surface area (TPSA) is 43.3 Å². The predicted octanol–water partition coefficient (Wildman–Crippen LogP) is 2.65. The largest absolute Gasteiger partial charge is 0.496 e. The summed E-state index contributed by atoms with van der Waals surface area (Å²) in [4.78, 5) is 12.0. The highest BCUT2D eigenvalue weighted by molar-refractivity contribution is 5.79. The number of aliphatic imine (C=N–C) groups is 1. The average molecular weight is 402 g/mol. The van der Waals surface area contributed by atoms with Crippen LogP contribution < -0.4 is 10.1 Å². The predicted molar refractivity (Wildman–Crippen MR) is 121 cm³/mol. The molecule has 162 valence electrons. The molecule has 0 aliphatic carbocycles. The minimum Gasteiger partial charge on any atom is -0.496 e. The van der Waals surface area contributed by atoms with Gasteiger partial charge in [-0.1, -0.05) is 24.6 Å². The fourth-order valence-corrected chi connectivity index (χ4v) is 4.80. The van der Waals surface area contributed by atoms with Gasteiger partial charge in [-0.15, -0.1) is 0 Å². The van der Waals surface area contributed by atoms with Crippen LogP contribution in [0.25, 0.3) is 0 Å². The second kappa shape index (κ2) is 10.3. The Kier molecular flexibility index (Phi) is 7.78. The molecule has 0 amide bonds. The first-order valence-corrected chi connectivity index (χ1v) is 11.1. The Morgan fingerprint density at radius 2 is 1.83 bits per heavy atom. The van der Waals surface area contributed by atoms with Gasteiger partial charge >= 0.3 is 0 Å². The average Bonchev–Trinajstić information content (AvgIpc) is 2.76. The molecular formula is C23H39N5O. The van der Waals surface area contributed by atoms with Crippen molar-refractivity contribution in [3.05, 3.63) is 29.8 Å². The van der Waals surface area contributed by atoms with Crippen molar-refractivity contribution < 1.29 is 4.74 Å². The molecule has 0 saturated carbocycles. The van der Waals surface area contributed by atoms with Crippen LogP contribution in [-0.4, -0.2) is 87.2 Å². The zero-order valence-corrected chi connectivity index (χ0v) is 18.8. The van der Waals surface area contributed by atoms with Gasteiger partial charge in [0.1, 0.15) is 5.75 Å². The molecule has 0 spiro atoms. The van der Waals surface area contributed by atoms with Crippen molar-refractivity contribution in [2.24, 2.45) is 4.99 Å². The van der Waals surface area contributed by atoms with Crippen LogP contribution in [0.5, 0.6) is 5.75 Å². The van der Waals surface area contributed by atoms with Gasteiger partial charge in [0.2, 0.25) is 0 Å². The van der Waals surface area contributed by atoms with Crippen LogP contribution in [0.3, 0.4) is 0 Å². The summed E-state index contributed by atoms with van der Waals surface area (Å²) in [6.45, 7) is 6.55. The molecule has 1 N–H and O–H groups in total. The Balaban J connectivity index is 1.66. The molecule has 6 heteroatoms. The second-order valence-corrected chi connectivity index (χ2v) is 8.64. The zero-order valence-electron chi connectivity index (χ0n) is 18.8. The van der Waals surface area contributed by atoms with Gasteiger partial charge in [0.05, 0.1) is 7.11 Å². The molecule has 29 heavy (non-hydrogen) atoms. The first-order chi connectivity index (χ1) is 14.1. The molecule has 0 aromatic heterocycles. The summed E-state index contributed by atoms with van der Waals surface area (Å²) < 4.78 is 5.52. The van der Waals surface area contributed by atoms with E-state index >= 15 is 0 Å². The van der Waals surface area contributed by atoms with Crippen molar-refractivity contribution in [3.63, 3.8) is 0 Å². The Hall–Kier alpha value is -1.79. The molecule has 0 radical (unpaired) electrons. The number of methoxy groups -OCH3 is 1. The minimum atomic E-state index is 0.244. The molecule has 1 aromatic carbocycles. The van der Waals surface area contributed by atoms with Gasteiger partial charge in [-0.2, -0.15) is 0 Å². The number of rotatable bonds is 6. The standard InChI is InChI=1S/C23H39N5O/c1-24-22(27(3)18-20-10-6-7-11-21(20)29-4)25-19-23(12-16-26(2)17-13-23)28-14-8-5-9-15-28/h6-7,10-11H,5,8-9,12-19H2,1-4H3,(H,24,25). The lowest BCUT2D eigenvalue weighted by molar-refractivity contribution is 0.0170. The Morgan fingerprint density at radius 3 is 2.48 bits per heavy atom. The van der Waals surface area contributed by atoms with Crippen molar-refractivity contribution in [1.82, 2.24) is 20.0 Å². The van der Waals surface area contributed by atoms with E-state index in [1.54, 1.807) is 7.11 Å². The van der Waals surface area contributed by atoms with Crippen molar-refractivity contribution in [2.75, 3.05) is 61.0 Å². The maximum absolute atomic E-state index is 5.52. The Bertz CT molecular complexity index is 663. The van der Waals surface area contributed by atoms with Crippen LogP contribution in [0.1, 0.15) is 37.7 Å². The minimum absolute atomic E-state index is 0.244. The van der Waals surface area contributed by atoms with Gasteiger partial charge in [0.15, 0.2) is 5.96 Å². The molecule has 2 heterocycles. The number of piperidine rings is 2. The van der Waals surface area contributed by atoms with E-state index in [-0.39, 0.29) is 5.54 Å². The van der Waals surface area contributed by atoms with Gasteiger partial charge < -0.3 is 19.9 Å². The molecule has 3 rings (SSSR count). The third kappa shape index (κ3) is 5.43. The van der Waals surface area contributed by atoms with E-state index in [1.807, 2.05) is 19.2 Å². The molecule has 0 bridgehead atoms. The zero-order chi connectivity index (χ0) is 20.7. The van der Waals surface area contributed by atoms with Gasteiger partial charge in [-0.3, -0.25) is 9.89 Å². The fraction of sp³-hybridized carbons (Fsp3) is 0.696. The van der Waals surface area contributed by atoms with E-state index in [0.29, 0.717) is 0 Å². The summed E-state index contributed by atoms with van der Waals surface area (Å²) in [6.07, 6.45) is 6.50. The van der Waals surface area contributed by atoms with Crippen LogP contribution in [0.15, 0.2) is 29.3 Å². The lowest BCUT2D eigenvalue weighted by atomic mass is 9.84. The van der Waals surface area contributed by atoms with Crippen LogP contribution in [0.4, 0.5) is 0 Å². The second-order valence-electron chi connectivity index (χ2n) is 8.64. The number of likely N-dealkylation sites (tertiary alicyclic amines) is 2. The van der Waals surface area contributed by atoms with Crippen LogP contribution in [-0.2, 0) is 6.54 Å². The molecular weight excluding hydrogens is 362 g/mol. The highest BCUT2D eigenvalue weighted by atomic mass is 16.5. The molecule has 2 fully saturated rings. The van der Waals surface area contributed by atoms with E-state index < -0.39 is 0 Å². The number of nitrogens with zero attached hydrogens (tertiary/aromatic N) is 4. The van der Waals surface area contributed by atoms with E-state index in [2.05, 4.69) is 51.2 Å². The summed E-state index contributed by atoms with van der Waals surface area (Å²) in [5.74, 6) is 1.88. The van der Waals surface area contributed by atoms with E-state index in [1.165, 1.54) is 63.8 Å². The number of hydrogen-bond donors (Lipinski definition) is 1. The monoisotopic (exact) mass is 401 g/mol. The van der Waals surface area contributed by atoms with Crippen molar-refractivity contribution in [1.29, 1.82) is 0 Å². The highest BCUT2D eigenvalue weighted by Gasteiger charge is 2.39. The summed E-state index contributed by atoms with van der Waals surface area (Å²) in [5, 5.41) is 3.72. The molecule has 1 aromatic rings. The number of benzene rings is 1. The number of guanidine groups is 1. The number of nitrogens with one attached hydrogen (secondary N) is 1. The van der Waals surface area contributed by atoms with Gasteiger partial charge in [0, 0.05) is 38.3 Å². The normalized spacial score (nSPS) is 21.0. The lowest BCUT2D eigenvalue weighted by Gasteiger charge is -2.50. The van der Waals surface area contributed by atoms with Gasteiger partial charge in [-0.25, -0.2) is 0 Å². The SMILES string of the molecule is CN=C(NCC1(N2CCCCC2)CCN(C)CC1)N(C)Cc1ccccc1OC. The molecule has 0 unspecified atom stereocenters. The third-order valence-electron chi connectivity index (χ3n) is 6.69. The van der Waals surface area contributed by atoms with Gasteiger partial charge in [0.25, 0.3) is 0 Å². The van der Waals surface area contributed by atoms with Crippen molar-refractivity contribution in [3.8, 4) is 5.75 Å². The van der Waals surface area contributed by atoms with Crippen molar-refractivity contribution in [2.45, 2.75) is 44.2 Å². The van der Waals surface area contributed by atoms with E-state index in [9.17, 15) is 0 Å². The first-order valence-electron chi connectivity index (χ1n) is 11.1. The third-order valence-corrected chi connectivity index (χ3v) is 6.69.